The van der Waals surface area contributed by atoms with Crippen LogP contribution in [0.25, 0.3) is 0 Å². The Morgan fingerprint density at radius 2 is 1.72 bits per heavy atom. The molecule has 128 valence electrons. The van der Waals surface area contributed by atoms with E-state index in [2.05, 4.69) is 47.8 Å². The third-order valence-corrected chi connectivity index (χ3v) is 4.64. The van der Waals surface area contributed by atoms with Gasteiger partial charge in [0.2, 0.25) is 0 Å². The topological polar surface area (TPSA) is 30.8 Å². The van der Waals surface area contributed by atoms with Crippen molar-refractivity contribution in [3.05, 3.63) is 87.6 Å². The first-order chi connectivity index (χ1) is 12.2. The van der Waals surface area contributed by atoms with Crippen LogP contribution in [0.15, 0.2) is 71.2 Å². The van der Waals surface area contributed by atoms with Crippen LogP contribution in [0.2, 0.25) is 0 Å². The van der Waals surface area contributed by atoms with Crippen LogP contribution in [0.3, 0.4) is 0 Å². The van der Waals surface area contributed by atoms with E-state index in [-0.39, 0.29) is 0 Å². The summed E-state index contributed by atoms with van der Waals surface area (Å²) >= 11 is 1.70. The third-order valence-electron chi connectivity index (χ3n) is 3.79. The summed E-state index contributed by atoms with van der Waals surface area (Å²) in [6.07, 6.45) is 0. The van der Waals surface area contributed by atoms with Crippen molar-refractivity contribution in [2.45, 2.75) is 27.1 Å². The van der Waals surface area contributed by atoms with Crippen LogP contribution in [-0.4, -0.2) is 5.71 Å². The van der Waals surface area contributed by atoms with Crippen molar-refractivity contribution in [2.75, 3.05) is 0 Å². The lowest BCUT2D eigenvalue weighted by Crippen LogP contribution is -1.98. The van der Waals surface area contributed by atoms with E-state index in [9.17, 15) is 0 Å². The molecule has 0 unspecified atom stereocenters. The molecule has 1 heterocycles. The second-order valence-corrected chi connectivity index (χ2v) is 6.86. The number of benzene rings is 2. The van der Waals surface area contributed by atoms with Crippen LogP contribution < -0.4 is 4.74 Å². The summed E-state index contributed by atoms with van der Waals surface area (Å²) in [6.45, 7) is 5.08. The number of aryl methyl sites for hydroxylation is 1. The Morgan fingerprint density at radius 1 is 0.960 bits per heavy atom. The van der Waals surface area contributed by atoms with E-state index in [0.29, 0.717) is 13.2 Å². The molecule has 25 heavy (non-hydrogen) atoms. The maximum atomic E-state index is 5.77. The number of thiophene rings is 1. The molecule has 0 aliphatic carbocycles. The molecule has 0 atom stereocenters. The summed E-state index contributed by atoms with van der Waals surface area (Å²) in [4.78, 5) is 6.67. The minimum Gasteiger partial charge on any atom is -0.488 e. The summed E-state index contributed by atoms with van der Waals surface area (Å²) in [7, 11) is 0. The van der Waals surface area contributed by atoms with Gasteiger partial charge in [-0.2, -0.15) is 0 Å². The van der Waals surface area contributed by atoms with Gasteiger partial charge in [0.1, 0.15) is 19.0 Å². The van der Waals surface area contributed by atoms with Gasteiger partial charge in [0.25, 0.3) is 0 Å². The molecular weight excluding hydrogens is 330 g/mol. The van der Waals surface area contributed by atoms with Crippen LogP contribution in [-0.2, 0) is 18.1 Å². The van der Waals surface area contributed by atoms with E-state index in [1.807, 2.05) is 37.3 Å². The van der Waals surface area contributed by atoms with Crippen molar-refractivity contribution in [3.63, 3.8) is 0 Å². The van der Waals surface area contributed by atoms with Gasteiger partial charge < -0.3 is 9.57 Å². The number of hydrogen-bond donors (Lipinski definition) is 0. The van der Waals surface area contributed by atoms with Gasteiger partial charge in [-0.05, 0) is 60.7 Å². The Labute approximate surface area is 152 Å². The molecule has 3 nitrogen and oxygen atoms in total. The zero-order valence-corrected chi connectivity index (χ0v) is 15.3. The molecule has 0 N–H and O–H groups in total. The van der Waals surface area contributed by atoms with E-state index < -0.39 is 0 Å². The molecule has 4 heteroatoms. The van der Waals surface area contributed by atoms with Crippen molar-refractivity contribution >= 4 is 17.0 Å². The minimum absolute atomic E-state index is 0.472. The molecule has 0 bridgehead atoms. The van der Waals surface area contributed by atoms with Crippen LogP contribution in [0.5, 0.6) is 5.75 Å². The first kappa shape index (κ1) is 17.2. The van der Waals surface area contributed by atoms with Gasteiger partial charge in [-0.25, -0.2) is 0 Å². The van der Waals surface area contributed by atoms with E-state index in [1.54, 1.807) is 11.3 Å². The summed E-state index contributed by atoms with van der Waals surface area (Å²) in [6, 6.07) is 20.3. The quantitative estimate of drug-likeness (QED) is 0.411. The largest absolute Gasteiger partial charge is 0.488 e. The summed E-state index contributed by atoms with van der Waals surface area (Å²) < 4.78 is 5.77. The van der Waals surface area contributed by atoms with Crippen molar-refractivity contribution in [1.29, 1.82) is 0 Å². The van der Waals surface area contributed by atoms with Gasteiger partial charge in [0.15, 0.2) is 0 Å². The van der Waals surface area contributed by atoms with E-state index in [1.165, 1.54) is 10.4 Å². The number of ether oxygens (including phenoxy) is 1. The lowest BCUT2D eigenvalue weighted by atomic mass is 10.1. The first-order valence-corrected chi connectivity index (χ1v) is 9.06. The van der Waals surface area contributed by atoms with Crippen molar-refractivity contribution < 1.29 is 9.57 Å². The SMILES string of the molecule is C/C(=N\OCc1ccc(C)cc1)c1ccc(OCc2cccs2)cc1. The monoisotopic (exact) mass is 351 g/mol. The lowest BCUT2D eigenvalue weighted by molar-refractivity contribution is 0.130. The predicted molar refractivity (Wildman–Crippen MR) is 103 cm³/mol. The average molecular weight is 351 g/mol. The molecule has 0 radical (unpaired) electrons. The highest BCUT2D eigenvalue weighted by molar-refractivity contribution is 7.09. The fourth-order valence-electron chi connectivity index (χ4n) is 2.28. The fraction of sp³-hybridized carbons (Fsp3) is 0.190. The third kappa shape index (κ3) is 5.19. The normalized spacial score (nSPS) is 11.4. The minimum atomic E-state index is 0.472. The standard InChI is InChI=1S/C21H21NO2S/c1-16-5-7-18(8-6-16)14-24-22-17(2)19-9-11-20(12-10-19)23-15-21-4-3-13-25-21/h3-13H,14-15H2,1-2H3/b22-17+. The van der Waals surface area contributed by atoms with Gasteiger partial charge in [-0.3, -0.25) is 0 Å². The Kier molecular flexibility index (Phi) is 5.86. The molecule has 1 aromatic heterocycles. The Bertz CT molecular complexity index is 806. The Hall–Kier alpha value is -2.59. The van der Waals surface area contributed by atoms with Crippen LogP contribution in [0, 0.1) is 6.92 Å². The van der Waals surface area contributed by atoms with Gasteiger partial charge >= 0.3 is 0 Å². The Morgan fingerprint density at radius 3 is 2.40 bits per heavy atom. The van der Waals surface area contributed by atoms with E-state index in [0.717, 1.165) is 22.6 Å². The van der Waals surface area contributed by atoms with Gasteiger partial charge in [-0.15, -0.1) is 11.3 Å². The number of rotatable bonds is 7. The smallest absolute Gasteiger partial charge is 0.142 e. The molecule has 0 saturated heterocycles. The zero-order valence-electron chi connectivity index (χ0n) is 14.4. The second-order valence-electron chi connectivity index (χ2n) is 5.83. The first-order valence-electron chi connectivity index (χ1n) is 8.18. The number of nitrogens with zero attached hydrogens (tertiary/aromatic N) is 1. The molecule has 0 spiro atoms. The molecule has 3 rings (SSSR count). The number of oxime groups is 1. The van der Waals surface area contributed by atoms with Crippen LogP contribution in [0.1, 0.15) is 28.5 Å². The van der Waals surface area contributed by atoms with Gasteiger partial charge in [-0.1, -0.05) is 41.1 Å². The van der Waals surface area contributed by atoms with Crippen molar-refractivity contribution in [2.24, 2.45) is 5.16 Å². The highest BCUT2D eigenvalue weighted by atomic mass is 32.1. The van der Waals surface area contributed by atoms with Gasteiger partial charge in [0.05, 0.1) is 5.71 Å². The molecule has 0 saturated carbocycles. The van der Waals surface area contributed by atoms with Gasteiger partial charge in [0, 0.05) is 4.88 Å². The highest BCUT2D eigenvalue weighted by Gasteiger charge is 2.01. The molecule has 0 aliphatic heterocycles. The van der Waals surface area contributed by atoms with Crippen LogP contribution in [0.4, 0.5) is 0 Å². The molecular formula is C21H21NO2S. The van der Waals surface area contributed by atoms with E-state index in [4.69, 9.17) is 9.57 Å². The summed E-state index contributed by atoms with van der Waals surface area (Å²) in [5.41, 5.74) is 4.22. The van der Waals surface area contributed by atoms with Crippen LogP contribution >= 0.6 is 11.3 Å². The molecule has 0 fully saturated rings. The second kappa shape index (κ2) is 8.49. The van der Waals surface area contributed by atoms with E-state index >= 15 is 0 Å². The maximum Gasteiger partial charge on any atom is 0.142 e. The molecule has 2 aromatic carbocycles. The predicted octanol–water partition coefficient (Wildman–Crippen LogP) is 5.58. The Balaban J connectivity index is 1.52. The molecule has 0 amide bonds. The van der Waals surface area contributed by atoms with Crippen molar-refractivity contribution in [3.8, 4) is 5.75 Å². The van der Waals surface area contributed by atoms with Crippen molar-refractivity contribution in [1.82, 2.24) is 0 Å². The fourth-order valence-corrected chi connectivity index (χ4v) is 2.90. The average Bonchev–Trinajstić information content (AvgIpc) is 3.15. The highest BCUT2D eigenvalue weighted by Crippen LogP contribution is 2.17. The lowest BCUT2D eigenvalue weighted by Gasteiger charge is -2.06. The zero-order chi connectivity index (χ0) is 17.5. The molecule has 0 aliphatic rings. The molecule has 3 aromatic rings. The summed E-state index contributed by atoms with van der Waals surface area (Å²) in [5, 5.41) is 6.26. The summed E-state index contributed by atoms with van der Waals surface area (Å²) in [5.74, 6) is 0.852. The maximum absolute atomic E-state index is 5.77. The number of hydrogen-bond acceptors (Lipinski definition) is 4.